The van der Waals surface area contributed by atoms with Crippen LogP contribution in [0, 0.1) is 0 Å². The molecule has 0 radical (unpaired) electrons. The normalized spacial score (nSPS) is 10.8. The molecule has 1 aromatic carbocycles. The Labute approximate surface area is 88.1 Å². The van der Waals surface area contributed by atoms with Crippen LogP contribution in [0.1, 0.15) is 19.4 Å². The lowest BCUT2D eigenvalue weighted by Crippen LogP contribution is -1.88. The van der Waals surface area contributed by atoms with Crippen molar-refractivity contribution in [1.82, 2.24) is 0 Å². The number of phenolic OH excluding ortho intramolecular Hbond substituents is 1. The Bertz CT molecular complexity index is 286. The van der Waals surface area contributed by atoms with Crippen molar-refractivity contribution >= 4 is 23.4 Å². The van der Waals surface area contributed by atoms with Crippen molar-refractivity contribution in [2.75, 3.05) is 0 Å². The van der Waals surface area contributed by atoms with Gasteiger partial charge in [-0.1, -0.05) is 31.5 Å². The van der Waals surface area contributed by atoms with Gasteiger partial charge in [0.1, 0.15) is 5.75 Å². The van der Waals surface area contributed by atoms with Crippen molar-refractivity contribution < 1.29 is 5.11 Å². The second-order valence-corrected chi connectivity index (χ2v) is 5.12. The number of hydrogen-bond donors (Lipinski definition) is 1. The van der Waals surface area contributed by atoms with Gasteiger partial charge < -0.3 is 5.11 Å². The predicted molar refractivity (Wildman–Crippen MR) is 59.5 cm³/mol. The lowest BCUT2D eigenvalue weighted by molar-refractivity contribution is 0.475. The van der Waals surface area contributed by atoms with Crippen molar-refractivity contribution in [2.45, 2.75) is 24.9 Å². The van der Waals surface area contributed by atoms with Gasteiger partial charge in [-0.3, -0.25) is 0 Å². The Morgan fingerprint density at radius 2 is 2.15 bits per heavy atom. The molecule has 1 nitrogen and oxygen atoms in total. The first-order chi connectivity index (χ1) is 6.09. The summed E-state index contributed by atoms with van der Waals surface area (Å²) in [7, 11) is 0. The molecule has 3 heteroatoms. The van der Waals surface area contributed by atoms with E-state index in [-0.39, 0.29) is 5.75 Å². The van der Waals surface area contributed by atoms with Gasteiger partial charge in [-0.25, -0.2) is 0 Å². The molecule has 0 fully saturated rings. The van der Waals surface area contributed by atoms with E-state index in [1.165, 1.54) is 0 Å². The molecule has 0 heterocycles. The lowest BCUT2D eigenvalue weighted by Gasteiger charge is -2.05. The van der Waals surface area contributed by atoms with E-state index in [1.807, 2.05) is 23.9 Å². The zero-order chi connectivity index (χ0) is 9.84. The van der Waals surface area contributed by atoms with Gasteiger partial charge in [0, 0.05) is 5.75 Å². The molecule has 1 N–H and O–H groups in total. The number of benzene rings is 1. The quantitative estimate of drug-likeness (QED) is 0.832. The van der Waals surface area contributed by atoms with Gasteiger partial charge >= 0.3 is 0 Å². The third-order valence-corrected chi connectivity index (χ3v) is 3.06. The highest BCUT2D eigenvalue weighted by atomic mass is 35.5. The van der Waals surface area contributed by atoms with Crippen LogP contribution in [0.25, 0.3) is 0 Å². The van der Waals surface area contributed by atoms with Crippen LogP contribution in [-0.4, -0.2) is 10.4 Å². The van der Waals surface area contributed by atoms with Crippen LogP contribution in [0.4, 0.5) is 0 Å². The standard InChI is InChI=1S/C10H13ClOS/c1-7(2)13-6-8-3-4-10(12)9(11)5-8/h3-5,7,12H,6H2,1-2H3. The number of aromatic hydroxyl groups is 1. The molecule has 0 unspecified atom stereocenters. The summed E-state index contributed by atoms with van der Waals surface area (Å²) in [6.07, 6.45) is 0. The van der Waals surface area contributed by atoms with Crippen LogP contribution in [0.15, 0.2) is 18.2 Å². The molecule has 1 aromatic rings. The van der Waals surface area contributed by atoms with Gasteiger partial charge in [0.2, 0.25) is 0 Å². The molecule has 0 amide bonds. The minimum Gasteiger partial charge on any atom is -0.506 e. The van der Waals surface area contributed by atoms with Crippen molar-refractivity contribution in [3.63, 3.8) is 0 Å². The average Bonchev–Trinajstić information content (AvgIpc) is 2.07. The van der Waals surface area contributed by atoms with Crippen LogP contribution in [0.2, 0.25) is 5.02 Å². The second kappa shape index (κ2) is 4.77. The zero-order valence-corrected chi connectivity index (χ0v) is 9.32. The van der Waals surface area contributed by atoms with Gasteiger partial charge in [0.05, 0.1) is 5.02 Å². The maximum atomic E-state index is 9.18. The van der Waals surface area contributed by atoms with Crippen molar-refractivity contribution in [3.8, 4) is 5.75 Å². The summed E-state index contributed by atoms with van der Waals surface area (Å²) in [5, 5.41) is 10.2. The number of thioether (sulfide) groups is 1. The summed E-state index contributed by atoms with van der Waals surface area (Å²) in [6.45, 7) is 4.32. The zero-order valence-electron chi connectivity index (χ0n) is 7.75. The molecule has 0 saturated heterocycles. The number of phenols is 1. The van der Waals surface area contributed by atoms with Crippen LogP contribution in [0.3, 0.4) is 0 Å². The Kier molecular flexibility index (Phi) is 3.94. The Balaban J connectivity index is 2.63. The monoisotopic (exact) mass is 216 g/mol. The van der Waals surface area contributed by atoms with Crippen molar-refractivity contribution in [2.24, 2.45) is 0 Å². The van der Waals surface area contributed by atoms with Gasteiger partial charge in [-0.15, -0.1) is 0 Å². The maximum absolute atomic E-state index is 9.18. The van der Waals surface area contributed by atoms with E-state index < -0.39 is 0 Å². The second-order valence-electron chi connectivity index (χ2n) is 3.15. The molecule has 72 valence electrons. The summed E-state index contributed by atoms with van der Waals surface area (Å²) in [6, 6.07) is 5.35. The summed E-state index contributed by atoms with van der Waals surface area (Å²) in [5.74, 6) is 1.09. The minimum absolute atomic E-state index is 0.153. The predicted octanol–water partition coefficient (Wildman–Crippen LogP) is 3.69. The summed E-state index contributed by atoms with van der Waals surface area (Å²) < 4.78 is 0. The van der Waals surface area contributed by atoms with E-state index in [9.17, 15) is 5.11 Å². The molecule has 0 spiro atoms. The van der Waals surface area contributed by atoms with Gasteiger partial charge in [0.25, 0.3) is 0 Å². The molecular weight excluding hydrogens is 204 g/mol. The van der Waals surface area contributed by atoms with E-state index in [1.54, 1.807) is 6.07 Å². The van der Waals surface area contributed by atoms with Gasteiger partial charge in [-0.05, 0) is 22.9 Å². The van der Waals surface area contributed by atoms with Crippen LogP contribution in [-0.2, 0) is 5.75 Å². The molecular formula is C10H13ClOS. The average molecular weight is 217 g/mol. The van der Waals surface area contributed by atoms with Crippen LogP contribution in [0.5, 0.6) is 5.75 Å². The molecule has 0 aliphatic rings. The van der Waals surface area contributed by atoms with E-state index >= 15 is 0 Å². The fraction of sp³-hybridized carbons (Fsp3) is 0.400. The van der Waals surface area contributed by atoms with Gasteiger partial charge in [-0.2, -0.15) is 11.8 Å². The maximum Gasteiger partial charge on any atom is 0.134 e. The third-order valence-electron chi connectivity index (χ3n) is 1.60. The van der Waals surface area contributed by atoms with E-state index in [0.717, 1.165) is 11.3 Å². The topological polar surface area (TPSA) is 20.2 Å². The molecule has 0 bridgehead atoms. The first kappa shape index (κ1) is 10.7. The molecule has 0 aliphatic carbocycles. The third kappa shape index (κ3) is 3.49. The minimum atomic E-state index is 0.153. The van der Waals surface area contributed by atoms with Crippen molar-refractivity contribution in [1.29, 1.82) is 0 Å². The van der Waals surface area contributed by atoms with E-state index in [4.69, 9.17) is 11.6 Å². The van der Waals surface area contributed by atoms with Crippen molar-refractivity contribution in [3.05, 3.63) is 28.8 Å². The Morgan fingerprint density at radius 1 is 1.46 bits per heavy atom. The lowest BCUT2D eigenvalue weighted by atomic mass is 10.2. The van der Waals surface area contributed by atoms with E-state index in [2.05, 4.69) is 13.8 Å². The number of halogens is 1. The Hall–Kier alpha value is -0.340. The highest BCUT2D eigenvalue weighted by molar-refractivity contribution is 7.99. The fourth-order valence-electron chi connectivity index (χ4n) is 0.903. The van der Waals surface area contributed by atoms with Gasteiger partial charge in [0.15, 0.2) is 0 Å². The molecule has 0 aliphatic heterocycles. The SMILES string of the molecule is CC(C)SCc1ccc(O)c(Cl)c1. The largest absolute Gasteiger partial charge is 0.506 e. The Morgan fingerprint density at radius 3 is 2.69 bits per heavy atom. The molecule has 0 aromatic heterocycles. The van der Waals surface area contributed by atoms with Crippen LogP contribution >= 0.6 is 23.4 Å². The smallest absolute Gasteiger partial charge is 0.134 e. The summed E-state index contributed by atoms with van der Waals surface area (Å²) in [5.41, 5.74) is 1.15. The highest BCUT2D eigenvalue weighted by Gasteiger charge is 2.01. The first-order valence-electron chi connectivity index (χ1n) is 4.18. The fourth-order valence-corrected chi connectivity index (χ4v) is 1.81. The molecule has 0 atom stereocenters. The van der Waals surface area contributed by atoms with Crippen LogP contribution < -0.4 is 0 Å². The summed E-state index contributed by atoms with van der Waals surface area (Å²) in [4.78, 5) is 0. The molecule has 1 rings (SSSR count). The molecule has 13 heavy (non-hydrogen) atoms. The molecule has 0 saturated carbocycles. The highest BCUT2D eigenvalue weighted by Crippen LogP contribution is 2.26. The van der Waals surface area contributed by atoms with E-state index in [0.29, 0.717) is 10.3 Å². The summed E-state index contributed by atoms with van der Waals surface area (Å²) >= 11 is 7.63. The first-order valence-corrected chi connectivity index (χ1v) is 5.61. The number of rotatable bonds is 3. The number of hydrogen-bond acceptors (Lipinski definition) is 2.